The zero-order valence-corrected chi connectivity index (χ0v) is 13.1. The Hall–Kier alpha value is -1.63. The van der Waals surface area contributed by atoms with Crippen molar-refractivity contribution in [3.63, 3.8) is 0 Å². The monoisotopic (exact) mass is 310 g/mol. The van der Waals surface area contributed by atoms with E-state index in [4.69, 9.17) is 0 Å². The molecular formula is C14H22N4O2S. The Morgan fingerprint density at radius 1 is 1.48 bits per heavy atom. The minimum absolute atomic E-state index is 0.0392. The fourth-order valence-corrected chi connectivity index (χ4v) is 3.92. The van der Waals surface area contributed by atoms with Gasteiger partial charge in [-0.15, -0.1) is 0 Å². The third-order valence-corrected chi connectivity index (χ3v) is 5.05. The Morgan fingerprint density at radius 2 is 2.33 bits per heavy atom. The molecule has 1 atom stereocenters. The number of nitrogens with zero attached hydrogens (tertiary/aromatic N) is 2. The Morgan fingerprint density at radius 3 is 2.95 bits per heavy atom. The number of rotatable bonds is 5. The van der Waals surface area contributed by atoms with E-state index < -0.39 is 9.84 Å². The predicted octanol–water partition coefficient (Wildman–Crippen LogP) is 0.366. The van der Waals surface area contributed by atoms with Gasteiger partial charge in [0.05, 0.1) is 11.5 Å². The van der Waals surface area contributed by atoms with Gasteiger partial charge in [0.2, 0.25) is 0 Å². The molecule has 1 saturated heterocycles. The molecule has 1 aromatic rings. The molecular weight excluding hydrogens is 288 g/mol. The fourth-order valence-electron chi connectivity index (χ4n) is 2.25. The van der Waals surface area contributed by atoms with Crippen LogP contribution in [0.25, 0.3) is 0 Å². The Kier molecular flexibility index (Phi) is 5.55. The van der Waals surface area contributed by atoms with E-state index in [1.54, 1.807) is 6.20 Å². The lowest BCUT2D eigenvalue weighted by molar-refractivity contribution is 0.599. The van der Waals surface area contributed by atoms with Crippen LogP contribution in [0.3, 0.4) is 0 Å². The number of pyridine rings is 1. The third-order valence-electron chi connectivity index (χ3n) is 3.28. The van der Waals surface area contributed by atoms with Crippen LogP contribution in [-0.4, -0.2) is 50.0 Å². The van der Waals surface area contributed by atoms with E-state index in [1.807, 2.05) is 25.1 Å². The van der Waals surface area contributed by atoms with Crippen LogP contribution in [0.15, 0.2) is 29.4 Å². The largest absolute Gasteiger partial charge is 0.357 e. The third kappa shape index (κ3) is 5.34. The van der Waals surface area contributed by atoms with Gasteiger partial charge in [-0.1, -0.05) is 6.07 Å². The Balaban J connectivity index is 1.87. The van der Waals surface area contributed by atoms with Crippen molar-refractivity contribution in [2.24, 2.45) is 4.99 Å². The van der Waals surface area contributed by atoms with Gasteiger partial charge in [0.1, 0.15) is 0 Å². The van der Waals surface area contributed by atoms with Crippen LogP contribution in [0.2, 0.25) is 0 Å². The lowest BCUT2D eigenvalue weighted by Crippen LogP contribution is -2.44. The first-order valence-corrected chi connectivity index (χ1v) is 9.06. The normalized spacial score (nSPS) is 21.2. The van der Waals surface area contributed by atoms with E-state index in [0.29, 0.717) is 18.9 Å². The SMILES string of the molecule is CCNC(=NCCc1ccccn1)NC1CCS(=O)(=O)C1. The van der Waals surface area contributed by atoms with Gasteiger partial charge in [0.25, 0.3) is 0 Å². The van der Waals surface area contributed by atoms with Crippen LogP contribution in [0, 0.1) is 0 Å². The van der Waals surface area contributed by atoms with E-state index in [1.165, 1.54) is 0 Å². The first-order valence-electron chi connectivity index (χ1n) is 7.24. The molecule has 2 rings (SSSR count). The maximum Gasteiger partial charge on any atom is 0.191 e. The number of sulfone groups is 1. The molecule has 2 N–H and O–H groups in total. The number of hydrogen-bond acceptors (Lipinski definition) is 4. The maximum atomic E-state index is 11.5. The summed E-state index contributed by atoms with van der Waals surface area (Å²) < 4.78 is 22.9. The molecule has 116 valence electrons. The molecule has 1 aliphatic rings. The molecule has 1 unspecified atom stereocenters. The van der Waals surface area contributed by atoms with E-state index >= 15 is 0 Å². The smallest absolute Gasteiger partial charge is 0.191 e. The molecule has 1 aliphatic heterocycles. The van der Waals surface area contributed by atoms with Crippen LogP contribution < -0.4 is 10.6 Å². The van der Waals surface area contributed by atoms with Gasteiger partial charge in [0.15, 0.2) is 15.8 Å². The average molecular weight is 310 g/mol. The highest BCUT2D eigenvalue weighted by molar-refractivity contribution is 7.91. The highest BCUT2D eigenvalue weighted by atomic mass is 32.2. The molecule has 2 heterocycles. The van der Waals surface area contributed by atoms with Gasteiger partial charge in [-0.2, -0.15) is 0 Å². The Labute approximate surface area is 126 Å². The quantitative estimate of drug-likeness (QED) is 0.606. The number of guanidine groups is 1. The summed E-state index contributed by atoms with van der Waals surface area (Å²) in [5, 5.41) is 6.34. The summed E-state index contributed by atoms with van der Waals surface area (Å²) in [6.45, 7) is 3.35. The van der Waals surface area contributed by atoms with E-state index in [0.717, 1.165) is 18.7 Å². The highest BCUT2D eigenvalue weighted by Gasteiger charge is 2.28. The van der Waals surface area contributed by atoms with Crippen LogP contribution in [0.1, 0.15) is 19.0 Å². The molecule has 0 saturated carbocycles. The van der Waals surface area contributed by atoms with Crippen LogP contribution in [-0.2, 0) is 16.3 Å². The van der Waals surface area contributed by atoms with E-state index in [-0.39, 0.29) is 17.5 Å². The number of nitrogens with one attached hydrogen (secondary N) is 2. The molecule has 0 spiro atoms. The Bertz CT molecular complexity index is 572. The standard InChI is InChI=1S/C14H22N4O2S/c1-2-15-14(18-13-7-10-21(19,20)11-13)17-9-6-12-5-3-4-8-16-12/h3-5,8,13H,2,6-7,9-11H2,1H3,(H2,15,17,18). The van der Waals surface area contributed by atoms with Crippen LogP contribution in [0.4, 0.5) is 0 Å². The van der Waals surface area contributed by atoms with Crippen molar-refractivity contribution in [2.45, 2.75) is 25.8 Å². The second-order valence-electron chi connectivity index (χ2n) is 5.08. The van der Waals surface area contributed by atoms with Crippen molar-refractivity contribution in [1.29, 1.82) is 0 Å². The van der Waals surface area contributed by atoms with Gasteiger partial charge in [-0.05, 0) is 25.5 Å². The van der Waals surface area contributed by atoms with Crippen molar-refractivity contribution < 1.29 is 8.42 Å². The summed E-state index contributed by atoms with van der Waals surface area (Å²) in [5.41, 5.74) is 1.00. The molecule has 0 radical (unpaired) electrons. The van der Waals surface area contributed by atoms with Crippen LogP contribution >= 0.6 is 0 Å². The molecule has 0 bridgehead atoms. The molecule has 1 fully saturated rings. The van der Waals surface area contributed by atoms with Gasteiger partial charge in [-0.25, -0.2) is 8.42 Å². The van der Waals surface area contributed by atoms with E-state index in [9.17, 15) is 8.42 Å². The molecule has 21 heavy (non-hydrogen) atoms. The average Bonchev–Trinajstić information content (AvgIpc) is 2.79. The van der Waals surface area contributed by atoms with E-state index in [2.05, 4.69) is 20.6 Å². The molecule has 0 amide bonds. The molecule has 1 aromatic heterocycles. The minimum atomic E-state index is -2.87. The molecule has 0 aromatic carbocycles. The highest BCUT2D eigenvalue weighted by Crippen LogP contribution is 2.10. The van der Waals surface area contributed by atoms with Gasteiger partial charge >= 0.3 is 0 Å². The van der Waals surface area contributed by atoms with Crippen molar-refractivity contribution in [1.82, 2.24) is 15.6 Å². The van der Waals surface area contributed by atoms with Crippen molar-refractivity contribution in [3.8, 4) is 0 Å². The number of aromatic nitrogens is 1. The summed E-state index contributed by atoms with van der Waals surface area (Å²) in [6, 6.07) is 5.78. The summed E-state index contributed by atoms with van der Waals surface area (Å²) >= 11 is 0. The summed E-state index contributed by atoms with van der Waals surface area (Å²) in [4.78, 5) is 8.73. The lowest BCUT2D eigenvalue weighted by atomic mass is 10.2. The summed E-state index contributed by atoms with van der Waals surface area (Å²) in [6.07, 6.45) is 3.18. The summed E-state index contributed by atoms with van der Waals surface area (Å²) in [7, 11) is -2.87. The minimum Gasteiger partial charge on any atom is -0.357 e. The van der Waals surface area contributed by atoms with Crippen molar-refractivity contribution in [2.75, 3.05) is 24.6 Å². The number of aliphatic imine (C=N–C) groups is 1. The number of hydrogen-bond donors (Lipinski definition) is 2. The molecule has 7 heteroatoms. The topological polar surface area (TPSA) is 83.4 Å². The summed E-state index contributed by atoms with van der Waals surface area (Å²) in [5.74, 6) is 1.13. The van der Waals surface area contributed by atoms with Gasteiger partial charge in [0, 0.05) is 37.4 Å². The second kappa shape index (κ2) is 7.40. The second-order valence-corrected chi connectivity index (χ2v) is 7.30. The fraction of sp³-hybridized carbons (Fsp3) is 0.571. The molecule has 0 aliphatic carbocycles. The lowest BCUT2D eigenvalue weighted by Gasteiger charge is -2.15. The van der Waals surface area contributed by atoms with Crippen LogP contribution in [0.5, 0.6) is 0 Å². The van der Waals surface area contributed by atoms with Crippen molar-refractivity contribution in [3.05, 3.63) is 30.1 Å². The zero-order valence-electron chi connectivity index (χ0n) is 12.2. The molecule has 6 nitrogen and oxygen atoms in total. The predicted molar refractivity (Wildman–Crippen MR) is 84.1 cm³/mol. The first-order chi connectivity index (χ1) is 10.1. The zero-order chi connectivity index (χ0) is 15.1. The van der Waals surface area contributed by atoms with Gasteiger partial charge < -0.3 is 10.6 Å². The maximum absolute atomic E-state index is 11.5. The van der Waals surface area contributed by atoms with Crippen molar-refractivity contribution >= 4 is 15.8 Å². The first kappa shape index (κ1) is 15.8. The van der Waals surface area contributed by atoms with Gasteiger partial charge in [-0.3, -0.25) is 9.98 Å².